The number of ether oxygens (including phenoxy) is 1. The average Bonchev–Trinajstić information content (AvgIpc) is 2.95. The Kier molecular flexibility index (Phi) is 5.86. The maximum Gasteiger partial charge on any atom is 0.356 e. The minimum atomic E-state index is -3.27. The summed E-state index contributed by atoms with van der Waals surface area (Å²) in [5, 5.41) is 0. The monoisotopic (exact) mass is 397 g/mol. The lowest BCUT2D eigenvalue weighted by atomic mass is 9.77. The number of anilines is 1. The molecule has 9 nitrogen and oxygen atoms in total. The van der Waals surface area contributed by atoms with Crippen LogP contribution >= 0.6 is 7.60 Å². The van der Waals surface area contributed by atoms with Gasteiger partial charge < -0.3 is 24.1 Å². The fraction of sp³-hybridized carbons (Fsp3) is 0.706. The second-order valence-electron chi connectivity index (χ2n) is 7.71. The van der Waals surface area contributed by atoms with Gasteiger partial charge in [-0.15, -0.1) is 0 Å². The molecule has 27 heavy (non-hydrogen) atoms. The van der Waals surface area contributed by atoms with Crippen molar-refractivity contribution in [1.29, 1.82) is 0 Å². The van der Waals surface area contributed by atoms with E-state index in [1.807, 2.05) is 11.5 Å². The van der Waals surface area contributed by atoms with Crippen LogP contribution < -0.4 is 5.73 Å². The van der Waals surface area contributed by atoms with Crippen LogP contribution in [-0.4, -0.2) is 45.2 Å². The molecule has 0 aromatic carbocycles. The Morgan fingerprint density at radius 2 is 2.11 bits per heavy atom. The maximum absolute atomic E-state index is 12.9. The molecular weight excluding hydrogens is 369 g/mol. The Morgan fingerprint density at radius 3 is 2.85 bits per heavy atom. The molecule has 2 aromatic rings. The lowest BCUT2D eigenvalue weighted by Gasteiger charge is -2.31. The number of nitrogens with two attached hydrogens (primary N) is 1. The molecule has 3 rings (SSSR count). The molecule has 0 saturated carbocycles. The molecule has 3 heterocycles. The van der Waals surface area contributed by atoms with Crippen molar-refractivity contribution in [2.45, 2.75) is 46.8 Å². The van der Waals surface area contributed by atoms with Crippen LogP contribution in [-0.2, 0) is 24.9 Å². The molecule has 0 radical (unpaired) electrons. The van der Waals surface area contributed by atoms with Gasteiger partial charge in [0.15, 0.2) is 11.5 Å². The topological polar surface area (TPSA) is 114 Å². The van der Waals surface area contributed by atoms with E-state index in [0.717, 1.165) is 6.42 Å². The molecule has 150 valence electrons. The summed E-state index contributed by atoms with van der Waals surface area (Å²) in [6, 6.07) is 0. The summed E-state index contributed by atoms with van der Waals surface area (Å²) in [6.45, 7) is 9.61. The van der Waals surface area contributed by atoms with Crippen LogP contribution in [0.25, 0.3) is 11.2 Å². The first-order valence-corrected chi connectivity index (χ1v) is 10.9. The van der Waals surface area contributed by atoms with E-state index in [4.69, 9.17) is 19.5 Å². The number of aromatic nitrogens is 4. The predicted octanol–water partition coefficient (Wildman–Crippen LogP) is 3.06. The Labute approximate surface area is 159 Å². The van der Waals surface area contributed by atoms with Gasteiger partial charge in [-0.05, 0) is 24.7 Å². The third-order valence-corrected chi connectivity index (χ3v) is 6.91. The Balaban J connectivity index is 1.59. The number of hydrogen-bond acceptors (Lipinski definition) is 8. The third-order valence-electron chi connectivity index (χ3n) is 5.35. The summed E-state index contributed by atoms with van der Waals surface area (Å²) in [6.07, 6.45) is 3.54. The minimum absolute atomic E-state index is 0.0485. The molecule has 0 spiro atoms. The molecule has 2 N–H and O–H groups in total. The van der Waals surface area contributed by atoms with E-state index in [9.17, 15) is 4.57 Å². The van der Waals surface area contributed by atoms with Crippen molar-refractivity contribution in [2.24, 2.45) is 11.3 Å². The molecule has 1 saturated heterocycles. The summed E-state index contributed by atoms with van der Waals surface area (Å²) in [4.78, 5) is 12.4. The van der Waals surface area contributed by atoms with Gasteiger partial charge in [-0.25, -0.2) is 15.0 Å². The van der Waals surface area contributed by atoms with E-state index in [1.165, 1.54) is 6.33 Å². The molecule has 0 aliphatic carbocycles. The molecule has 0 amide bonds. The highest BCUT2D eigenvalue weighted by molar-refractivity contribution is 7.53. The number of rotatable bonds is 6. The predicted molar refractivity (Wildman–Crippen MR) is 102 cm³/mol. The van der Waals surface area contributed by atoms with E-state index < -0.39 is 7.60 Å². The zero-order valence-electron chi connectivity index (χ0n) is 16.3. The first kappa shape index (κ1) is 20.2. The van der Waals surface area contributed by atoms with E-state index in [1.54, 1.807) is 6.33 Å². The van der Waals surface area contributed by atoms with Crippen molar-refractivity contribution < 1.29 is 18.3 Å². The number of nitrogen functional groups attached to an aromatic ring is 1. The van der Waals surface area contributed by atoms with Crippen molar-refractivity contribution in [3.63, 3.8) is 0 Å². The summed E-state index contributed by atoms with van der Waals surface area (Å²) in [5.41, 5.74) is 6.95. The number of hydrogen-bond donors (Lipinski definition) is 1. The highest BCUT2D eigenvalue weighted by Crippen LogP contribution is 2.53. The van der Waals surface area contributed by atoms with Gasteiger partial charge >= 0.3 is 7.60 Å². The maximum atomic E-state index is 12.9. The summed E-state index contributed by atoms with van der Waals surface area (Å²) in [7, 11) is -3.27. The van der Waals surface area contributed by atoms with Gasteiger partial charge in [0.1, 0.15) is 18.2 Å². The highest BCUT2D eigenvalue weighted by Gasteiger charge is 2.38. The van der Waals surface area contributed by atoms with Crippen molar-refractivity contribution in [3.05, 3.63) is 12.7 Å². The van der Waals surface area contributed by atoms with Crippen LogP contribution in [0.3, 0.4) is 0 Å². The van der Waals surface area contributed by atoms with Crippen molar-refractivity contribution in [2.75, 3.05) is 25.3 Å². The molecule has 1 aliphatic rings. The summed E-state index contributed by atoms with van der Waals surface area (Å²) < 4.78 is 31.8. The second kappa shape index (κ2) is 7.83. The lowest BCUT2D eigenvalue weighted by molar-refractivity contribution is 0.0644. The van der Waals surface area contributed by atoms with Crippen molar-refractivity contribution >= 4 is 24.6 Å². The summed E-state index contributed by atoms with van der Waals surface area (Å²) in [5.74, 6) is 0.752. The van der Waals surface area contributed by atoms with Gasteiger partial charge in [-0.3, -0.25) is 4.57 Å². The molecule has 3 atom stereocenters. The first-order chi connectivity index (χ1) is 12.7. The van der Waals surface area contributed by atoms with Gasteiger partial charge in [-0.2, -0.15) is 0 Å². The quantitative estimate of drug-likeness (QED) is 0.740. The number of imidazole rings is 1. The first-order valence-electron chi connectivity index (χ1n) is 9.13. The minimum Gasteiger partial charge on any atom is -0.382 e. The molecule has 1 aliphatic heterocycles. The van der Waals surface area contributed by atoms with Gasteiger partial charge in [0.05, 0.1) is 32.2 Å². The highest BCUT2D eigenvalue weighted by atomic mass is 31.2. The van der Waals surface area contributed by atoms with Crippen LogP contribution in [0, 0.1) is 11.3 Å². The fourth-order valence-corrected chi connectivity index (χ4v) is 4.41. The van der Waals surface area contributed by atoms with E-state index >= 15 is 0 Å². The third kappa shape index (κ3) is 4.48. The van der Waals surface area contributed by atoms with Crippen molar-refractivity contribution in [1.82, 2.24) is 19.5 Å². The normalized spacial score (nSPS) is 27.7. The smallest absolute Gasteiger partial charge is 0.356 e. The second-order valence-corrected chi connectivity index (χ2v) is 9.71. The van der Waals surface area contributed by atoms with Crippen LogP contribution in [0.4, 0.5) is 5.82 Å². The average molecular weight is 397 g/mol. The van der Waals surface area contributed by atoms with Crippen LogP contribution in [0.1, 0.15) is 34.1 Å². The SMILES string of the molecule is CC(C)C1(C)CCOP(=O)(CO[C@@H](C)Cn2cnc3c(N)ncnc32)OC1. The van der Waals surface area contributed by atoms with Crippen molar-refractivity contribution in [3.8, 4) is 0 Å². The number of fused-ring (bicyclic) bond motifs is 1. The van der Waals surface area contributed by atoms with Gasteiger partial charge in [0, 0.05) is 0 Å². The Hall–Kier alpha value is -1.54. The van der Waals surface area contributed by atoms with E-state index in [-0.39, 0.29) is 17.9 Å². The molecule has 2 unspecified atom stereocenters. The van der Waals surface area contributed by atoms with E-state index in [0.29, 0.717) is 42.7 Å². The molecule has 1 fully saturated rings. The zero-order valence-corrected chi connectivity index (χ0v) is 17.2. The molecule has 10 heteroatoms. The van der Waals surface area contributed by atoms with E-state index in [2.05, 4.69) is 35.7 Å². The van der Waals surface area contributed by atoms with Crippen LogP contribution in [0.5, 0.6) is 0 Å². The molecule has 2 aromatic heterocycles. The number of nitrogens with zero attached hydrogens (tertiary/aromatic N) is 4. The zero-order chi connectivity index (χ0) is 19.7. The fourth-order valence-electron chi connectivity index (χ4n) is 2.88. The largest absolute Gasteiger partial charge is 0.382 e. The van der Waals surface area contributed by atoms with Gasteiger partial charge in [0.2, 0.25) is 0 Å². The van der Waals surface area contributed by atoms with Gasteiger partial charge in [-0.1, -0.05) is 20.8 Å². The molecule has 0 bridgehead atoms. The lowest BCUT2D eigenvalue weighted by Crippen LogP contribution is -2.28. The Bertz CT molecular complexity index is 842. The Morgan fingerprint density at radius 1 is 1.33 bits per heavy atom. The van der Waals surface area contributed by atoms with Gasteiger partial charge in [0.25, 0.3) is 0 Å². The van der Waals surface area contributed by atoms with Crippen LogP contribution in [0.15, 0.2) is 12.7 Å². The standard InChI is InChI=1S/C17H28N5O4P/c1-12(2)17(4)5-6-25-27(23,26-8-17)11-24-13(3)7-22-10-21-14-15(18)19-9-20-16(14)22/h9-10,12-13H,5-8,11H2,1-4H3,(H2,18,19,20)/t13-,17?,27?/m0/s1. The van der Waals surface area contributed by atoms with Crippen LogP contribution in [0.2, 0.25) is 0 Å². The summed E-state index contributed by atoms with van der Waals surface area (Å²) >= 11 is 0. The molecular formula is C17H28N5O4P.